The zero-order chi connectivity index (χ0) is 19.4. The van der Waals surface area contributed by atoms with Gasteiger partial charge in [0.15, 0.2) is 0 Å². The highest BCUT2D eigenvalue weighted by Gasteiger charge is 2.22. The number of carbonyl (C=O) groups excluding carboxylic acids is 1. The Morgan fingerprint density at radius 2 is 1.96 bits per heavy atom. The van der Waals surface area contributed by atoms with Crippen LogP contribution in [-0.4, -0.2) is 16.1 Å². The lowest BCUT2D eigenvalue weighted by Crippen LogP contribution is -2.33. The van der Waals surface area contributed by atoms with Crippen LogP contribution in [0.4, 0.5) is 4.39 Å². The van der Waals surface area contributed by atoms with E-state index in [-0.39, 0.29) is 17.8 Å². The zero-order valence-corrected chi connectivity index (χ0v) is 16.3. The number of benzene rings is 1. The smallest absolute Gasteiger partial charge is 0.233 e. The molecule has 0 saturated carbocycles. The van der Waals surface area contributed by atoms with Crippen molar-refractivity contribution >= 4 is 17.7 Å². The fourth-order valence-corrected chi connectivity index (χ4v) is 4.08. The van der Waals surface area contributed by atoms with Crippen molar-refractivity contribution in [1.29, 1.82) is 5.26 Å². The molecule has 0 aliphatic heterocycles. The molecule has 0 fully saturated rings. The van der Waals surface area contributed by atoms with E-state index in [2.05, 4.69) is 16.4 Å². The van der Waals surface area contributed by atoms with Crippen molar-refractivity contribution in [1.82, 2.24) is 10.3 Å². The Morgan fingerprint density at radius 1 is 1.26 bits per heavy atom. The summed E-state index contributed by atoms with van der Waals surface area (Å²) in [6.45, 7) is 3.67. The summed E-state index contributed by atoms with van der Waals surface area (Å²) in [4.78, 5) is 17.2. The first-order chi connectivity index (χ1) is 13.0. The molecular formula is C21H22FN3OS. The van der Waals surface area contributed by atoms with Crippen molar-refractivity contribution in [3.05, 3.63) is 58.5 Å². The number of aryl methyl sites for hydroxylation is 2. The van der Waals surface area contributed by atoms with E-state index < -0.39 is 5.25 Å². The monoisotopic (exact) mass is 383 g/mol. The molecule has 0 saturated heterocycles. The number of hydrogen-bond acceptors (Lipinski definition) is 4. The maximum Gasteiger partial charge on any atom is 0.233 e. The summed E-state index contributed by atoms with van der Waals surface area (Å²) in [6, 6.07) is 10.00. The zero-order valence-electron chi connectivity index (χ0n) is 15.5. The molecule has 1 aliphatic rings. The number of amides is 1. The second kappa shape index (κ2) is 8.53. The van der Waals surface area contributed by atoms with Crippen LogP contribution in [0.25, 0.3) is 0 Å². The summed E-state index contributed by atoms with van der Waals surface area (Å²) in [5.74, 6) is -0.441. The van der Waals surface area contributed by atoms with Gasteiger partial charge in [-0.25, -0.2) is 9.37 Å². The number of fused-ring (bicyclic) bond motifs is 1. The van der Waals surface area contributed by atoms with Gasteiger partial charge in [0.2, 0.25) is 5.91 Å². The van der Waals surface area contributed by atoms with Crippen LogP contribution in [0.1, 0.15) is 55.1 Å². The molecule has 3 rings (SSSR count). The van der Waals surface area contributed by atoms with E-state index in [4.69, 9.17) is 0 Å². The molecule has 1 amide bonds. The average Bonchev–Trinajstić information content (AvgIpc) is 2.67. The molecule has 1 N–H and O–H groups in total. The Bertz CT molecular complexity index is 876. The minimum Gasteiger partial charge on any atom is -0.349 e. The van der Waals surface area contributed by atoms with Crippen molar-refractivity contribution in [2.24, 2.45) is 0 Å². The normalized spacial score (nSPS) is 15.3. The number of halogens is 1. The Balaban J connectivity index is 1.69. The Morgan fingerprint density at radius 3 is 2.67 bits per heavy atom. The summed E-state index contributed by atoms with van der Waals surface area (Å²) in [5, 5.41) is 12.6. The summed E-state index contributed by atoms with van der Waals surface area (Å²) in [6.07, 6.45) is 4.14. The minimum absolute atomic E-state index is 0.139. The van der Waals surface area contributed by atoms with Gasteiger partial charge >= 0.3 is 0 Å². The number of nitrogens with zero attached hydrogens (tertiary/aromatic N) is 2. The van der Waals surface area contributed by atoms with Crippen LogP contribution in [0.3, 0.4) is 0 Å². The Labute approximate surface area is 163 Å². The summed E-state index contributed by atoms with van der Waals surface area (Å²) in [5.41, 5.74) is 3.58. The summed E-state index contributed by atoms with van der Waals surface area (Å²) < 4.78 is 13.1. The number of aromatic nitrogens is 1. The van der Waals surface area contributed by atoms with Gasteiger partial charge in [-0.3, -0.25) is 4.79 Å². The third-order valence-corrected chi connectivity index (χ3v) is 5.87. The third kappa shape index (κ3) is 4.67. The van der Waals surface area contributed by atoms with Crippen LogP contribution in [0.2, 0.25) is 0 Å². The number of hydrogen-bond donors (Lipinski definition) is 1. The Kier molecular flexibility index (Phi) is 6.12. The van der Waals surface area contributed by atoms with Crippen LogP contribution in [0, 0.1) is 17.1 Å². The topological polar surface area (TPSA) is 65.8 Å². The first kappa shape index (κ1) is 19.4. The standard InChI is InChI=1S/C21H22FN3OS/c1-13(15-7-9-18(22)10-8-15)24-20(26)14(2)27-21-17(12-23)11-16-5-3-4-6-19(16)25-21/h7-11,13-14H,3-6H2,1-2H3,(H,24,26). The molecule has 0 radical (unpaired) electrons. The van der Waals surface area contributed by atoms with E-state index in [1.165, 1.54) is 23.9 Å². The van der Waals surface area contributed by atoms with E-state index in [1.54, 1.807) is 19.1 Å². The average molecular weight is 383 g/mol. The van der Waals surface area contributed by atoms with Crippen molar-refractivity contribution in [2.45, 2.75) is 55.8 Å². The van der Waals surface area contributed by atoms with E-state index in [1.807, 2.05) is 13.0 Å². The van der Waals surface area contributed by atoms with E-state index >= 15 is 0 Å². The highest BCUT2D eigenvalue weighted by atomic mass is 32.2. The largest absolute Gasteiger partial charge is 0.349 e. The van der Waals surface area contributed by atoms with Crippen LogP contribution in [0.15, 0.2) is 35.4 Å². The molecule has 1 heterocycles. The molecule has 2 atom stereocenters. The third-order valence-electron chi connectivity index (χ3n) is 4.77. The van der Waals surface area contributed by atoms with Gasteiger partial charge < -0.3 is 5.32 Å². The molecule has 1 aromatic carbocycles. The van der Waals surface area contributed by atoms with E-state index in [9.17, 15) is 14.4 Å². The number of pyridine rings is 1. The fraction of sp³-hybridized carbons (Fsp3) is 0.381. The van der Waals surface area contributed by atoms with Crippen molar-refractivity contribution < 1.29 is 9.18 Å². The SMILES string of the molecule is CC(Sc1nc2c(cc1C#N)CCCC2)C(=O)NC(C)c1ccc(F)cc1. The second-order valence-corrected chi connectivity index (χ2v) is 8.14. The van der Waals surface area contributed by atoms with Crippen LogP contribution in [-0.2, 0) is 17.6 Å². The fourth-order valence-electron chi connectivity index (χ4n) is 3.17. The van der Waals surface area contributed by atoms with Gasteiger partial charge in [-0.15, -0.1) is 0 Å². The Hall–Kier alpha value is -2.39. The molecule has 0 spiro atoms. The highest BCUT2D eigenvalue weighted by Crippen LogP contribution is 2.30. The first-order valence-corrected chi connectivity index (χ1v) is 10.0. The highest BCUT2D eigenvalue weighted by molar-refractivity contribution is 8.00. The summed E-state index contributed by atoms with van der Waals surface area (Å²) in [7, 11) is 0. The van der Waals surface area contributed by atoms with Crippen LogP contribution >= 0.6 is 11.8 Å². The number of nitriles is 1. The minimum atomic E-state index is -0.394. The van der Waals surface area contributed by atoms with Gasteiger partial charge in [0.1, 0.15) is 16.9 Å². The molecule has 4 nitrogen and oxygen atoms in total. The van der Waals surface area contributed by atoms with Gasteiger partial charge in [0.05, 0.1) is 16.9 Å². The lowest BCUT2D eigenvalue weighted by Gasteiger charge is -2.19. The van der Waals surface area contributed by atoms with Crippen molar-refractivity contribution in [3.63, 3.8) is 0 Å². The number of rotatable bonds is 5. The molecule has 0 bridgehead atoms. The van der Waals surface area contributed by atoms with Crippen molar-refractivity contribution in [2.75, 3.05) is 0 Å². The molecule has 27 heavy (non-hydrogen) atoms. The first-order valence-electron chi connectivity index (χ1n) is 9.13. The number of thioether (sulfide) groups is 1. The lowest BCUT2D eigenvalue weighted by atomic mass is 9.95. The van der Waals surface area contributed by atoms with Crippen LogP contribution in [0.5, 0.6) is 0 Å². The molecule has 2 aromatic rings. The molecule has 140 valence electrons. The second-order valence-electron chi connectivity index (χ2n) is 6.81. The molecular weight excluding hydrogens is 361 g/mol. The maximum atomic E-state index is 13.1. The van der Waals surface area contributed by atoms with Gasteiger partial charge in [0.25, 0.3) is 0 Å². The molecule has 2 unspecified atom stereocenters. The van der Waals surface area contributed by atoms with E-state index in [0.717, 1.165) is 42.5 Å². The number of carbonyl (C=O) groups is 1. The van der Waals surface area contributed by atoms with Crippen molar-refractivity contribution in [3.8, 4) is 6.07 Å². The van der Waals surface area contributed by atoms with Gasteiger partial charge in [-0.2, -0.15) is 5.26 Å². The summed E-state index contributed by atoms with van der Waals surface area (Å²) >= 11 is 1.31. The lowest BCUT2D eigenvalue weighted by molar-refractivity contribution is -0.120. The van der Waals surface area contributed by atoms with Gasteiger partial charge in [-0.1, -0.05) is 23.9 Å². The van der Waals surface area contributed by atoms with Gasteiger partial charge in [0, 0.05) is 5.69 Å². The molecule has 1 aromatic heterocycles. The van der Waals surface area contributed by atoms with E-state index in [0.29, 0.717) is 10.6 Å². The van der Waals surface area contributed by atoms with Crippen LogP contribution < -0.4 is 5.32 Å². The molecule has 6 heteroatoms. The predicted molar refractivity (Wildman–Crippen MR) is 104 cm³/mol. The maximum absolute atomic E-state index is 13.1. The number of nitrogens with one attached hydrogen (secondary N) is 1. The predicted octanol–water partition coefficient (Wildman–Crippen LogP) is 4.33. The quantitative estimate of drug-likeness (QED) is 0.781. The van der Waals surface area contributed by atoms with Gasteiger partial charge in [-0.05, 0) is 68.9 Å². The molecule has 1 aliphatic carbocycles.